The van der Waals surface area contributed by atoms with Crippen molar-refractivity contribution in [2.45, 2.75) is 32.2 Å². The van der Waals surface area contributed by atoms with Gasteiger partial charge in [0.25, 0.3) is 0 Å². The third kappa shape index (κ3) is 4.21. The number of hydrogen-bond donors (Lipinski definition) is 1. The monoisotopic (exact) mass is 354 g/mol. The number of halogens is 1. The Balaban J connectivity index is 2.22. The Morgan fingerprint density at radius 2 is 2.24 bits per heavy atom. The molecule has 2 rings (SSSR count). The van der Waals surface area contributed by atoms with E-state index in [9.17, 15) is 0 Å². The Morgan fingerprint density at radius 3 is 2.95 bits per heavy atom. The fourth-order valence-electron chi connectivity index (χ4n) is 3.30. The van der Waals surface area contributed by atoms with Crippen LogP contribution in [-0.4, -0.2) is 38.7 Å². The molecular weight excluding hydrogens is 328 g/mol. The van der Waals surface area contributed by atoms with Crippen molar-refractivity contribution in [3.05, 3.63) is 28.2 Å². The highest BCUT2D eigenvalue weighted by molar-refractivity contribution is 9.10. The second-order valence-electron chi connectivity index (χ2n) is 5.92. The van der Waals surface area contributed by atoms with Gasteiger partial charge in [-0.15, -0.1) is 0 Å². The number of nitrogens with zero attached hydrogens (tertiary/aromatic N) is 1. The second-order valence-corrected chi connectivity index (χ2v) is 6.77. The fourth-order valence-corrected chi connectivity index (χ4v) is 3.79. The van der Waals surface area contributed by atoms with Gasteiger partial charge in [0.15, 0.2) is 0 Å². The van der Waals surface area contributed by atoms with Crippen molar-refractivity contribution in [1.82, 2.24) is 10.2 Å². The highest BCUT2D eigenvalue weighted by Gasteiger charge is 2.31. The summed E-state index contributed by atoms with van der Waals surface area (Å²) in [5.74, 6) is 1.59. The Kier molecular flexibility index (Phi) is 6.52. The molecular formula is C17H27BrN2O. The summed E-state index contributed by atoms with van der Waals surface area (Å²) in [7, 11) is 3.97. The highest BCUT2D eigenvalue weighted by Crippen LogP contribution is 2.39. The lowest BCUT2D eigenvalue weighted by Gasteiger charge is -2.40. The van der Waals surface area contributed by atoms with Gasteiger partial charge >= 0.3 is 0 Å². The Morgan fingerprint density at radius 1 is 1.43 bits per heavy atom. The standard InChI is InChI=1S/C17H27BrN2O/c1-4-9-19-12-13-6-5-10-20(2)17(13)15-11-14(21-3)7-8-16(15)18/h7-8,11,13,17,19H,4-6,9-10,12H2,1-3H3. The van der Waals surface area contributed by atoms with Gasteiger partial charge in [0, 0.05) is 10.5 Å². The Hall–Kier alpha value is -0.580. The number of piperidine rings is 1. The molecule has 4 heteroatoms. The molecule has 118 valence electrons. The zero-order valence-electron chi connectivity index (χ0n) is 13.4. The van der Waals surface area contributed by atoms with Crippen LogP contribution in [0.5, 0.6) is 5.75 Å². The van der Waals surface area contributed by atoms with Gasteiger partial charge in [-0.2, -0.15) is 0 Å². The number of nitrogens with one attached hydrogen (secondary N) is 1. The minimum absolute atomic E-state index is 0.451. The maximum absolute atomic E-state index is 5.41. The summed E-state index contributed by atoms with van der Waals surface area (Å²) in [5, 5.41) is 3.60. The zero-order valence-corrected chi connectivity index (χ0v) is 14.9. The average Bonchev–Trinajstić information content (AvgIpc) is 2.49. The number of methoxy groups -OCH3 is 1. The Labute approximate surface area is 137 Å². The van der Waals surface area contributed by atoms with E-state index in [1.165, 1.54) is 35.8 Å². The molecule has 0 saturated carbocycles. The van der Waals surface area contributed by atoms with Gasteiger partial charge in [-0.3, -0.25) is 4.90 Å². The number of benzene rings is 1. The molecule has 0 radical (unpaired) electrons. The third-order valence-electron chi connectivity index (χ3n) is 4.36. The lowest BCUT2D eigenvalue weighted by atomic mass is 9.84. The molecule has 2 unspecified atom stereocenters. The summed E-state index contributed by atoms with van der Waals surface area (Å²) in [4.78, 5) is 2.49. The molecule has 1 saturated heterocycles. The molecule has 1 N–H and O–H groups in total. The number of ether oxygens (including phenoxy) is 1. The second kappa shape index (κ2) is 8.16. The summed E-state index contributed by atoms with van der Waals surface area (Å²) in [6.45, 7) is 5.58. The summed E-state index contributed by atoms with van der Waals surface area (Å²) >= 11 is 3.73. The summed E-state index contributed by atoms with van der Waals surface area (Å²) in [6, 6.07) is 6.75. The van der Waals surface area contributed by atoms with Gasteiger partial charge < -0.3 is 10.1 Å². The SMILES string of the molecule is CCCNCC1CCCN(C)C1c1cc(OC)ccc1Br. The first-order valence-corrected chi connectivity index (χ1v) is 8.71. The van der Waals surface area contributed by atoms with Crippen molar-refractivity contribution in [3.63, 3.8) is 0 Å². The zero-order chi connectivity index (χ0) is 15.2. The van der Waals surface area contributed by atoms with Gasteiger partial charge in [-0.1, -0.05) is 22.9 Å². The summed E-state index contributed by atoms with van der Waals surface area (Å²) < 4.78 is 6.60. The maximum atomic E-state index is 5.41. The third-order valence-corrected chi connectivity index (χ3v) is 5.08. The molecule has 0 bridgehead atoms. The van der Waals surface area contributed by atoms with Crippen molar-refractivity contribution in [3.8, 4) is 5.75 Å². The molecule has 3 nitrogen and oxygen atoms in total. The molecule has 1 aliphatic heterocycles. The highest BCUT2D eigenvalue weighted by atomic mass is 79.9. The minimum Gasteiger partial charge on any atom is -0.497 e. The molecule has 1 aliphatic rings. The number of rotatable bonds is 6. The number of likely N-dealkylation sites (tertiary alicyclic amines) is 1. The normalized spacial score (nSPS) is 23.2. The van der Waals surface area contributed by atoms with Crippen molar-refractivity contribution in [1.29, 1.82) is 0 Å². The van der Waals surface area contributed by atoms with E-state index in [1.54, 1.807) is 7.11 Å². The van der Waals surface area contributed by atoms with E-state index < -0.39 is 0 Å². The first kappa shape index (κ1) is 16.8. The van der Waals surface area contributed by atoms with Crippen LogP contribution in [0.4, 0.5) is 0 Å². The van der Waals surface area contributed by atoms with Crippen molar-refractivity contribution >= 4 is 15.9 Å². The largest absolute Gasteiger partial charge is 0.497 e. The van der Waals surface area contributed by atoms with Crippen molar-refractivity contribution < 1.29 is 4.74 Å². The van der Waals surface area contributed by atoms with E-state index >= 15 is 0 Å². The molecule has 0 aromatic heterocycles. The molecule has 0 aliphatic carbocycles. The van der Waals surface area contributed by atoms with Crippen LogP contribution in [-0.2, 0) is 0 Å². The van der Waals surface area contributed by atoms with Crippen LogP contribution in [0, 0.1) is 5.92 Å². The van der Waals surface area contributed by atoms with Crippen LogP contribution in [0.3, 0.4) is 0 Å². The van der Waals surface area contributed by atoms with Crippen LogP contribution in [0.2, 0.25) is 0 Å². The van der Waals surface area contributed by atoms with E-state index in [4.69, 9.17) is 4.74 Å². The van der Waals surface area contributed by atoms with E-state index in [-0.39, 0.29) is 0 Å². The van der Waals surface area contributed by atoms with Gasteiger partial charge in [0.05, 0.1) is 7.11 Å². The van der Waals surface area contributed by atoms with Crippen molar-refractivity contribution in [2.75, 3.05) is 33.8 Å². The summed E-state index contributed by atoms with van der Waals surface area (Å²) in [5.41, 5.74) is 1.35. The van der Waals surface area contributed by atoms with Crippen LogP contribution < -0.4 is 10.1 Å². The van der Waals surface area contributed by atoms with Crippen LogP contribution in [0.15, 0.2) is 22.7 Å². The molecule has 0 amide bonds. The molecule has 1 heterocycles. The quantitative estimate of drug-likeness (QED) is 0.785. The van der Waals surface area contributed by atoms with Crippen LogP contribution in [0.1, 0.15) is 37.8 Å². The van der Waals surface area contributed by atoms with Gasteiger partial charge in [0.2, 0.25) is 0 Å². The van der Waals surface area contributed by atoms with E-state index in [0.29, 0.717) is 12.0 Å². The first-order chi connectivity index (χ1) is 10.2. The fraction of sp³-hybridized carbons (Fsp3) is 0.647. The topological polar surface area (TPSA) is 24.5 Å². The van der Waals surface area contributed by atoms with Crippen LogP contribution in [0.25, 0.3) is 0 Å². The Bertz CT molecular complexity index is 452. The lowest BCUT2D eigenvalue weighted by molar-refractivity contribution is 0.119. The average molecular weight is 355 g/mol. The van der Waals surface area contributed by atoms with Gasteiger partial charge in [0.1, 0.15) is 5.75 Å². The summed E-state index contributed by atoms with van der Waals surface area (Å²) in [6.07, 6.45) is 3.76. The molecule has 2 atom stereocenters. The van der Waals surface area contributed by atoms with E-state index in [1.807, 2.05) is 6.07 Å². The van der Waals surface area contributed by atoms with Gasteiger partial charge in [-0.25, -0.2) is 0 Å². The molecule has 0 spiro atoms. The number of hydrogen-bond acceptors (Lipinski definition) is 3. The van der Waals surface area contributed by atoms with E-state index in [2.05, 4.69) is 52.3 Å². The maximum Gasteiger partial charge on any atom is 0.119 e. The molecule has 1 fully saturated rings. The molecule has 1 aromatic carbocycles. The minimum atomic E-state index is 0.451. The molecule has 1 aromatic rings. The van der Waals surface area contributed by atoms with Crippen LogP contribution >= 0.6 is 15.9 Å². The predicted molar refractivity (Wildman–Crippen MR) is 91.9 cm³/mol. The smallest absolute Gasteiger partial charge is 0.119 e. The van der Waals surface area contributed by atoms with E-state index in [0.717, 1.165) is 18.8 Å². The lowest BCUT2D eigenvalue weighted by Crippen LogP contribution is -2.40. The first-order valence-electron chi connectivity index (χ1n) is 7.91. The molecule has 21 heavy (non-hydrogen) atoms. The predicted octanol–water partition coefficient (Wildman–Crippen LogP) is 3.84. The van der Waals surface area contributed by atoms with Crippen molar-refractivity contribution in [2.24, 2.45) is 5.92 Å². The van der Waals surface area contributed by atoms with Gasteiger partial charge in [-0.05, 0) is 75.6 Å².